The van der Waals surface area contributed by atoms with E-state index in [2.05, 4.69) is 15.5 Å². The second-order valence-corrected chi connectivity index (χ2v) is 9.08. The maximum Gasteiger partial charge on any atom is 0.451 e. The van der Waals surface area contributed by atoms with Gasteiger partial charge in [0.25, 0.3) is 0 Å². The summed E-state index contributed by atoms with van der Waals surface area (Å²) in [5.41, 5.74) is 0.918. The third kappa shape index (κ3) is 6.30. The van der Waals surface area contributed by atoms with Crippen molar-refractivity contribution in [2.45, 2.75) is 45.1 Å². The molecule has 1 unspecified atom stereocenters. The standard InChI is InChI=1S/C25H25F6N5O/c1-15(17-5-3-2-4-6-17)32-13-16(9-18-11-20(27)21(28)12-19(18)26)10-23(37)35-7-8-36-22(14-35)33-34-24(36)25(29,30)31/h2-6,11-12,15-16,32H,7-10,13-14H2,1H3/t15-,16?/m1/s1. The van der Waals surface area contributed by atoms with E-state index in [1.807, 2.05) is 37.3 Å². The van der Waals surface area contributed by atoms with Crippen LogP contribution in [0.4, 0.5) is 26.3 Å². The molecular weight excluding hydrogens is 500 g/mol. The first-order valence-electron chi connectivity index (χ1n) is 11.7. The molecule has 2 atom stereocenters. The smallest absolute Gasteiger partial charge is 0.333 e. The van der Waals surface area contributed by atoms with Crippen LogP contribution in [0.25, 0.3) is 0 Å². The second-order valence-electron chi connectivity index (χ2n) is 9.08. The SMILES string of the molecule is C[C@@H](NCC(CC(=O)N1CCn2c(nnc2C(F)(F)F)C1)Cc1cc(F)c(F)cc1F)c1ccccc1. The number of hydrogen-bond donors (Lipinski definition) is 1. The van der Waals surface area contributed by atoms with Gasteiger partial charge in [-0.25, -0.2) is 13.2 Å². The lowest BCUT2D eigenvalue weighted by Gasteiger charge is -2.30. The molecule has 6 nitrogen and oxygen atoms in total. The van der Waals surface area contributed by atoms with Crippen molar-refractivity contribution in [1.82, 2.24) is 25.0 Å². The van der Waals surface area contributed by atoms with Gasteiger partial charge >= 0.3 is 6.18 Å². The first-order chi connectivity index (χ1) is 17.5. The van der Waals surface area contributed by atoms with Gasteiger partial charge in [0.2, 0.25) is 11.7 Å². The minimum absolute atomic E-state index is 0.0194. The summed E-state index contributed by atoms with van der Waals surface area (Å²) in [4.78, 5) is 14.5. The molecule has 0 spiro atoms. The maximum absolute atomic E-state index is 14.4. The molecule has 1 amide bonds. The number of nitrogens with one attached hydrogen (secondary N) is 1. The molecule has 4 rings (SSSR count). The van der Waals surface area contributed by atoms with Gasteiger partial charge in [0.1, 0.15) is 5.82 Å². The predicted molar refractivity (Wildman–Crippen MR) is 121 cm³/mol. The summed E-state index contributed by atoms with van der Waals surface area (Å²) in [6.45, 7) is 1.92. The van der Waals surface area contributed by atoms with Gasteiger partial charge in [0.15, 0.2) is 17.5 Å². The molecular formula is C25H25F6N5O. The minimum Gasteiger partial charge on any atom is -0.333 e. The predicted octanol–water partition coefficient (Wildman–Crippen LogP) is 4.66. The highest BCUT2D eigenvalue weighted by atomic mass is 19.4. The Bertz CT molecular complexity index is 1250. The summed E-state index contributed by atoms with van der Waals surface area (Å²) in [6, 6.07) is 10.6. The minimum atomic E-state index is -4.65. The van der Waals surface area contributed by atoms with Crippen LogP contribution in [0.3, 0.4) is 0 Å². The number of carbonyl (C=O) groups excluding carboxylic acids is 1. The van der Waals surface area contributed by atoms with Crippen molar-refractivity contribution in [1.29, 1.82) is 0 Å². The Balaban J connectivity index is 1.48. The fourth-order valence-electron chi connectivity index (χ4n) is 4.41. The van der Waals surface area contributed by atoms with E-state index in [0.29, 0.717) is 6.07 Å². The molecule has 2 aromatic carbocycles. The second kappa shape index (κ2) is 10.9. The average Bonchev–Trinajstić information content (AvgIpc) is 3.30. The van der Waals surface area contributed by atoms with Gasteiger partial charge in [-0.1, -0.05) is 30.3 Å². The zero-order valence-corrected chi connectivity index (χ0v) is 19.9. The quantitative estimate of drug-likeness (QED) is 0.344. The number of carbonyl (C=O) groups is 1. The molecule has 0 saturated carbocycles. The highest BCUT2D eigenvalue weighted by Gasteiger charge is 2.40. The topological polar surface area (TPSA) is 63.1 Å². The van der Waals surface area contributed by atoms with Gasteiger partial charge in [-0.05, 0) is 43.0 Å². The van der Waals surface area contributed by atoms with Crippen molar-refractivity contribution in [2.75, 3.05) is 13.1 Å². The van der Waals surface area contributed by atoms with Crippen molar-refractivity contribution < 1.29 is 31.1 Å². The summed E-state index contributed by atoms with van der Waals surface area (Å²) >= 11 is 0. The van der Waals surface area contributed by atoms with E-state index in [-0.39, 0.29) is 62.4 Å². The maximum atomic E-state index is 14.4. The zero-order chi connectivity index (χ0) is 26.7. The monoisotopic (exact) mass is 525 g/mol. The van der Waals surface area contributed by atoms with Crippen LogP contribution in [0.2, 0.25) is 0 Å². The molecule has 1 aliphatic heterocycles. The first kappa shape index (κ1) is 26.6. The van der Waals surface area contributed by atoms with Crippen molar-refractivity contribution in [3.05, 3.63) is 82.7 Å². The van der Waals surface area contributed by atoms with Gasteiger partial charge in [0.05, 0.1) is 6.54 Å². The molecule has 0 fully saturated rings. The number of hydrogen-bond acceptors (Lipinski definition) is 4. The largest absolute Gasteiger partial charge is 0.451 e. The summed E-state index contributed by atoms with van der Waals surface area (Å²) in [5, 5.41) is 10.1. The zero-order valence-electron chi connectivity index (χ0n) is 19.9. The Morgan fingerprint density at radius 1 is 1.03 bits per heavy atom. The number of fused-ring (bicyclic) bond motifs is 1. The van der Waals surface area contributed by atoms with Crippen molar-refractivity contribution >= 4 is 5.91 Å². The number of halogens is 6. The van der Waals surface area contributed by atoms with Gasteiger partial charge in [-0.15, -0.1) is 10.2 Å². The lowest BCUT2D eigenvalue weighted by molar-refractivity contribution is -0.148. The van der Waals surface area contributed by atoms with Crippen LogP contribution in [-0.4, -0.2) is 38.7 Å². The molecule has 3 aromatic rings. The summed E-state index contributed by atoms with van der Waals surface area (Å²) < 4.78 is 81.9. The summed E-state index contributed by atoms with van der Waals surface area (Å²) in [6.07, 6.45) is -4.79. The van der Waals surface area contributed by atoms with E-state index in [9.17, 15) is 31.1 Å². The van der Waals surface area contributed by atoms with E-state index >= 15 is 0 Å². The molecule has 12 heteroatoms. The van der Waals surface area contributed by atoms with Crippen molar-refractivity contribution in [3.8, 4) is 0 Å². The van der Waals surface area contributed by atoms with E-state index in [1.165, 1.54) is 4.90 Å². The Hall–Kier alpha value is -3.41. The van der Waals surface area contributed by atoms with Crippen LogP contribution < -0.4 is 5.32 Å². The lowest BCUT2D eigenvalue weighted by Crippen LogP contribution is -2.41. The third-order valence-electron chi connectivity index (χ3n) is 6.43. The van der Waals surface area contributed by atoms with Gasteiger partial charge in [-0.2, -0.15) is 13.2 Å². The number of alkyl halides is 3. The normalized spacial score (nSPS) is 15.4. The third-order valence-corrected chi connectivity index (χ3v) is 6.43. The molecule has 2 heterocycles. The molecule has 0 saturated heterocycles. The number of nitrogens with zero attached hydrogens (tertiary/aromatic N) is 4. The number of amides is 1. The van der Waals surface area contributed by atoms with Gasteiger partial charge < -0.3 is 14.8 Å². The van der Waals surface area contributed by atoms with E-state index in [1.54, 1.807) is 0 Å². The lowest BCUT2D eigenvalue weighted by atomic mass is 9.94. The van der Waals surface area contributed by atoms with E-state index in [0.717, 1.165) is 16.2 Å². The van der Waals surface area contributed by atoms with Crippen LogP contribution in [0.15, 0.2) is 42.5 Å². The van der Waals surface area contributed by atoms with Gasteiger partial charge in [-0.3, -0.25) is 4.79 Å². The molecule has 198 valence electrons. The van der Waals surface area contributed by atoms with E-state index < -0.39 is 35.4 Å². The number of rotatable bonds is 8. The molecule has 1 aliphatic rings. The summed E-state index contributed by atoms with van der Waals surface area (Å²) in [5.74, 6) is -5.39. The molecule has 37 heavy (non-hydrogen) atoms. The highest BCUT2D eigenvalue weighted by Crippen LogP contribution is 2.30. The summed E-state index contributed by atoms with van der Waals surface area (Å²) in [7, 11) is 0. The van der Waals surface area contributed by atoms with E-state index in [4.69, 9.17) is 0 Å². The van der Waals surface area contributed by atoms with Crippen LogP contribution in [0.1, 0.15) is 42.2 Å². The highest BCUT2D eigenvalue weighted by molar-refractivity contribution is 5.76. The van der Waals surface area contributed by atoms with Crippen LogP contribution in [-0.2, 0) is 30.5 Å². The Kier molecular flexibility index (Phi) is 7.86. The molecule has 0 bridgehead atoms. The number of benzene rings is 2. The molecule has 1 N–H and O–H groups in total. The fourth-order valence-corrected chi connectivity index (χ4v) is 4.41. The number of aromatic nitrogens is 3. The van der Waals surface area contributed by atoms with Gasteiger partial charge in [0, 0.05) is 31.6 Å². The Labute approximate surface area is 209 Å². The Morgan fingerprint density at radius 2 is 1.73 bits per heavy atom. The van der Waals surface area contributed by atoms with Crippen LogP contribution in [0, 0.1) is 23.4 Å². The molecule has 0 radical (unpaired) electrons. The average molecular weight is 525 g/mol. The van der Waals surface area contributed by atoms with Crippen LogP contribution >= 0.6 is 0 Å². The first-order valence-corrected chi connectivity index (χ1v) is 11.7. The van der Waals surface area contributed by atoms with Crippen molar-refractivity contribution in [3.63, 3.8) is 0 Å². The fraction of sp³-hybridized carbons (Fsp3) is 0.400. The molecule has 0 aliphatic carbocycles. The van der Waals surface area contributed by atoms with Crippen LogP contribution in [0.5, 0.6) is 0 Å². The van der Waals surface area contributed by atoms with Crippen molar-refractivity contribution in [2.24, 2.45) is 5.92 Å². The molecule has 1 aromatic heterocycles. The Morgan fingerprint density at radius 3 is 2.43 bits per heavy atom.